The predicted molar refractivity (Wildman–Crippen MR) is 37.0 cm³/mol. The molecule has 0 saturated carbocycles. The molecule has 1 aliphatic rings. The molecule has 2 heteroatoms. The van der Waals surface area contributed by atoms with Crippen molar-refractivity contribution >= 4 is 0 Å². The molecule has 2 unspecified atom stereocenters. The minimum atomic E-state index is -0.739. The van der Waals surface area contributed by atoms with Gasteiger partial charge in [-0.3, -0.25) is 0 Å². The van der Waals surface area contributed by atoms with Crippen molar-refractivity contribution in [3.63, 3.8) is 0 Å². The fourth-order valence-electron chi connectivity index (χ4n) is 1.14. The van der Waals surface area contributed by atoms with E-state index in [1.165, 1.54) is 0 Å². The lowest BCUT2D eigenvalue weighted by atomic mass is 9.89. The van der Waals surface area contributed by atoms with Gasteiger partial charge in [0.1, 0.15) is 6.17 Å². The lowest BCUT2D eigenvalue weighted by molar-refractivity contribution is 0.234. The molecule has 1 aliphatic carbocycles. The summed E-state index contributed by atoms with van der Waals surface area (Å²) in [5.41, 5.74) is 0.737. The standard InChI is InChI=1S/C8H10FN/c1-6-4-7(5-10)2-3-8(6)9/h2,6,8H,3-4H2,1H3. The summed E-state index contributed by atoms with van der Waals surface area (Å²) < 4.78 is 12.7. The third kappa shape index (κ3) is 1.36. The minimum Gasteiger partial charge on any atom is -0.247 e. The van der Waals surface area contributed by atoms with Gasteiger partial charge >= 0.3 is 0 Å². The minimum absolute atomic E-state index is 0.0275. The Morgan fingerprint density at radius 1 is 1.80 bits per heavy atom. The van der Waals surface area contributed by atoms with Crippen LogP contribution in [0.25, 0.3) is 0 Å². The van der Waals surface area contributed by atoms with Gasteiger partial charge in [0.05, 0.1) is 6.07 Å². The average molecular weight is 139 g/mol. The van der Waals surface area contributed by atoms with Crippen LogP contribution in [0.2, 0.25) is 0 Å². The molecule has 0 spiro atoms. The van der Waals surface area contributed by atoms with E-state index in [1.807, 2.05) is 13.0 Å². The monoisotopic (exact) mass is 139 g/mol. The topological polar surface area (TPSA) is 23.8 Å². The number of hydrogen-bond donors (Lipinski definition) is 0. The highest BCUT2D eigenvalue weighted by Gasteiger charge is 2.20. The van der Waals surface area contributed by atoms with Crippen LogP contribution in [-0.2, 0) is 0 Å². The summed E-state index contributed by atoms with van der Waals surface area (Å²) in [5, 5.41) is 8.45. The summed E-state index contributed by atoms with van der Waals surface area (Å²) in [6.45, 7) is 1.84. The van der Waals surface area contributed by atoms with E-state index in [9.17, 15) is 4.39 Å². The van der Waals surface area contributed by atoms with Crippen LogP contribution >= 0.6 is 0 Å². The molecule has 0 N–H and O–H groups in total. The highest BCUT2D eigenvalue weighted by molar-refractivity contribution is 5.23. The summed E-state index contributed by atoms with van der Waals surface area (Å²) in [4.78, 5) is 0. The Morgan fingerprint density at radius 3 is 3.00 bits per heavy atom. The maximum absolute atomic E-state index is 12.7. The highest BCUT2D eigenvalue weighted by atomic mass is 19.1. The van der Waals surface area contributed by atoms with Gasteiger partial charge in [-0.2, -0.15) is 5.26 Å². The van der Waals surface area contributed by atoms with Crippen molar-refractivity contribution in [3.05, 3.63) is 11.6 Å². The van der Waals surface area contributed by atoms with Gasteiger partial charge in [0.2, 0.25) is 0 Å². The highest BCUT2D eigenvalue weighted by Crippen LogP contribution is 2.25. The molecule has 0 aliphatic heterocycles. The second kappa shape index (κ2) is 2.83. The summed E-state index contributed by atoms with van der Waals surface area (Å²) in [6.07, 6.45) is 1.99. The molecular formula is C8H10FN. The van der Waals surface area contributed by atoms with Gasteiger partial charge in [-0.25, -0.2) is 4.39 Å². The molecule has 0 aromatic carbocycles. The zero-order valence-corrected chi connectivity index (χ0v) is 5.97. The van der Waals surface area contributed by atoms with Crippen molar-refractivity contribution in [2.24, 2.45) is 5.92 Å². The van der Waals surface area contributed by atoms with Crippen LogP contribution in [0.1, 0.15) is 19.8 Å². The van der Waals surface area contributed by atoms with Gasteiger partial charge in [-0.05, 0) is 18.8 Å². The second-order valence-electron chi connectivity index (χ2n) is 2.77. The first-order valence-electron chi connectivity index (χ1n) is 3.47. The van der Waals surface area contributed by atoms with Crippen LogP contribution in [0.5, 0.6) is 0 Å². The van der Waals surface area contributed by atoms with Gasteiger partial charge in [0.25, 0.3) is 0 Å². The normalized spacial score (nSPS) is 32.7. The molecule has 10 heavy (non-hydrogen) atoms. The van der Waals surface area contributed by atoms with Gasteiger partial charge in [0, 0.05) is 5.57 Å². The molecule has 0 bridgehead atoms. The maximum Gasteiger partial charge on any atom is 0.106 e. The number of halogens is 1. The van der Waals surface area contributed by atoms with Crippen molar-refractivity contribution in [2.75, 3.05) is 0 Å². The van der Waals surface area contributed by atoms with Gasteiger partial charge in [-0.1, -0.05) is 13.0 Å². The smallest absolute Gasteiger partial charge is 0.106 e. The largest absolute Gasteiger partial charge is 0.247 e. The third-order valence-corrected chi connectivity index (χ3v) is 1.89. The van der Waals surface area contributed by atoms with Crippen molar-refractivity contribution in [1.82, 2.24) is 0 Å². The van der Waals surface area contributed by atoms with Crippen LogP contribution in [0.15, 0.2) is 11.6 Å². The Morgan fingerprint density at radius 2 is 2.50 bits per heavy atom. The van der Waals surface area contributed by atoms with Crippen LogP contribution in [-0.4, -0.2) is 6.17 Å². The van der Waals surface area contributed by atoms with E-state index < -0.39 is 6.17 Å². The van der Waals surface area contributed by atoms with Gasteiger partial charge in [-0.15, -0.1) is 0 Å². The Hall–Kier alpha value is -0.840. The van der Waals surface area contributed by atoms with E-state index in [-0.39, 0.29) is 5.92 Å². The third-order valence-electron chi connectivity index (χ3n) is 1.89. The molecule has 0 radical (unpaired) electrons. The van der Waals surface area contributed by atoms with Crippen molar-refractivity contribution < 1.29 is 4.39 Å². The zero-order chi connectivity index (χ0) is 7.56. The van der Waals surface area contributed by atoms with E-state index in [2.05, 4.69) is 0 Å². The summed E-state index contributed by atoms with van der Waals surface area (Å²) >= 11 is 0. The molecule has 0 heterocycles. The number of nitrogens with zero attached hydrogens (tertiary/aromatic N) is 1. The quantitative estimate of drug-likeness (QED) is 0.504. The first-order chi connectivity index (χ1) is 4.74. The number of hydrogen-bond acceptors (Lipinski definition) is 1. The van der Waals surface area contributed by atoms with Crippen molar-refractivity contribution in [1.29, 1.82) is 5.26 Å². The SMILES string of the molecule is CC1CC(C#N)=CCC1F. The molecule has 0 aromatic heterocycles. The molecule has 2 atom stereocenters. The number of rotatable bonds is 0. The first kappa shape index (κ1) is 7.27. The van der Waals surface area contributed by atoms with E-state index in [1.54, 1.807) is 6.08 Å². The molecule has 0 fully saturated rings. The van der Waals surface area contributed by atoms with Crippen molar-refractivity contribution in [2.45, 2.75) is 25.9 Å². The Balaban J connectivity index is 2.63. The predicted octanol–water partition coefficient (Wildman–Crippen LogP) is 2.20. The number of alkyl halides is 1. The molecule has 0 saturated heterocycles. The summed E-state index contributed by atoms with van der Waals surface area (Å²) in [7, 11) is 0. The van der Waals surface area contributed by atoms with Crippen LogP contribution < -0.4 is 0 Å². The van der Waals surface area contributed by atoms with Crippen LogP contribution in [0, 0.1) is 17.2 Å². The van der Waals surface area contributed by atoms with Gasteiger partial charge < -0.3 is 0 Å². The van der Waals surface area contributed by atoms with E-state index in [0.29, 0.717) is 12.8 Å². The summed E-state index contributed by atoms with van der Waals surface area (Å²) in [6, 6.07) is 2.05. The second-order valence-corrected chi connectivity index (χ2v) is 2.77. The maximum atomic E-state index is 12.7. The number of nitriles is 1. The van der Waals surface area contributed by atoms with Crippen LogP contribution in [0.3, 0.4) is 0 Å². The fourth-order valence-corrected chi connectivity index (χ4v) is 1.14. The first-order valence-corrected chi connectivity index (χ1v) is 3.47. The number of allylic oxidation sites excluding steroid dienone is 2. The fraction of sp³-hybridized carbons (Fsp3) is 0.625. The van der Waals surface area contributed by atoms with E-state index in [4.69, 9.17) is 5.26 Å². The zero-order valence-electron chi connectivity index (χ0n) is 5.97. The molecular weight excluding hydrogens is 129 g/mol. The Labute approximate surface area is 60.2 Å². The lowest BCUT2D eigenvalue weighted by Crippen LogP contribution is -2.16. The Bertz CT molecular complexity index is 190. The van der Waals surface area contributed by atoms with Crippen molar-refractivity contribution in [3.8, 4) is 6.07 Å². The summed E-state index contributed by atoms with van der Waals surface area (Å²) in [5.74, 6) is 0.0275. The molecule has 0 aromatic rings. The van der Waals surface area contributed by atoms with E-state index in [0.717, 1.165) is 5.57 Å². The molecule has 1 nitrogen and oxygen atoms in total. The lowest BCUT2D eigenvalue weighted by Gasteiger charge is -2.19. The van der Waals surface area contributed by atoms with E-state index >= 15 is 0 Å². The molecule has 0 amide bonds. The Kier molecular flexibility index (Phi) is 2.06. The van der Waals surface area contributed by atoms with Gasteiger partial charge in [0.15, 0.2) is 0 Å². The molecule has 54 valence electrons. The average Bonchev–Trinajstić information content (AvgIpc) is 1.95. The molecule has 1 rings (SSSR count). The van der Waals surface area contributed by atoms with Crippen LogP contribution in [0.4, 0.5) is 4.39 Å².